The summed E-state index contributed by atoms with van der Waals surface area (Å²) in [4.78, 5) is 26.3. The van der Waals surface area contributed by atoms with Crippen LogP contribution in [0.4, 0.5) is 18.0 Å². The zero-order chi connectivity index (χ0) is 20.4. The van der Waals surface area contributed by atoms with Gasteiger partial charge in [0.2, 0.25) is 5.91 Å². The summed E-state index contributed by atoms with van der Waals surface area (Å²) in [7, 11) is 0. The molecule has 1 aliphatic rings. The minimum atomic E-state index is -4.40. The average molecular weight is 386 g/mol. The number of rotatable bonds is 3. The van der Waals surface area contributed by atoms with E-state index in [0.717, 1.165) is 12.1 Å². The van der Waals surface area contributed by atoms with Crippen molar-refractivity contribution in [2.75, 3.05) is 6.54 Å². The fourth-order valence-corrected chi connectivity index (χ4v) is 2.93. The molecule has 1 aliphatic heterocycles. The van der Waals surface area contributed by atoms with Gasteiger partial charge in [0.05, 0.1) is 11.6 Å². The summed E-state index contributed by atoms with van der Waals surface area (Å²) in [5, 5.41) is 2.77. The Morgan fingerprint density at radius 3 is 2.30 bits per heavy atom. The van der Waals surface area contributed by atoms with Gasteiger partial charge in [-0.1, -0.05) is 12.1 Å². The molecule has 0 bridgehead atoms. The number of nitrogens with one attached hydrogen (secondary N) is 1. The number of hydrogen-bond donors (Lipinski definition) is 1. The van der Waals surface area contributed by atoms with Crippen molar-refractivity contribution in [1.29, 1.82) is 0 Å². The van der Waals surface area contributed by atoms with Crippen LogP contribution in [0.3, 0.4) is 0 Å². The summed E-state index contributed by atoms with van der Waals surface area (Å²) in [5.41, 5.74) is -0.844. The molecule has 0 aliphatic carbocycles. The van der Waals surface area contributed by atoms with Crippen LogP contribution in [0.5, 0.6) is 0 Å². The molecule has 0 radical (unpaired) electrons. The minimum Gasteiger partial charge on any atom is -0.444 e. The molecule has 1 heterocycles. The first kappa shape index (κ1) is 21.1. The van der Waals surface area contributed by atoms with Crippen LogP contribution in [0.2, 0.25) is 0 Å². The first-order valence-corrected chi connectivity index (χ1v) is 8.85. The van der Waals surface area contributed by atoms with E-state index in [-0.39, 0.29) is 5.91 Å². The van der Waals surface area contributed by atoms with Gasteiger partial charge in [-0.05, 0) is 58.2 Å². The third kappa shape index (κ3) is 5.61. The van der Waals surface area contributed by atoms with Crippen LogP contribution in [0.15, 0.2) is 24.3 Å². The molecule has 1 N–H and O–H groups in total. The summed E-state index contributed by atoms with van der Waals surface area (Å²) in [6.45, 7) is 7.38. The van der Waals surface area contributed by atoms with E-state index in [1.165, 1.54) is 17.0 Å². The second kappa shape index (κ2) is 7.78. The first-order valence-electron chi connectivity index (χ1n) is 8.85. The van der Waals surface area contributed by atoms with Crippen molar-refractivity contribution in [2.24, 2.45) is 0 Å². The third-order valence-corrected chi connectivity index (χ3v) is 4.28. The lowest BCUT2D eigenvalue weighted by Crippen LogP contribution is -2.48. The standard InChI is InChI=1S/C19H25F3N2O3/c1-12(13-7-9-14(10-8-13)19(20,21)22)23-16(25)15-6-5-11-24(15)17(26)27-18(2,3)4/h7-10,12,15H,5-6,11H2,1-4H3,(H,23,25). The van der Waals surface area contributed by atoms with Crippen molar-refractivity contribution in [1.82, 2.24) is 10.2 Å². The highest BCUT2D eigenvalue weighted by Crippen LogP contribution is 2.30. The van der Waals surface area contributed by atoms with Gasteiger partial charge in [0.15, 0.2) is 0 Å². The van der Waals surface area contributed by atoms with Gasteiger partial charge in [-0.15, -0.1) is 0 Å². The van der Waals surface area contributed by atoms with Crippen molar-refractivity contribution in [3.63, 3.8) is 0 Å². The molecule has 0 spiro atoms. The fourth-order valence-electron chi connectivity index (χ4n) is 2.93. The monoisotopic (exact) mass is 386 g/mol. The van der Waals surface area contributed by atoms with Crippen molar-refractivity contribution in [2.45, 2.75) is 64.4 Å². The number of alkyl halides is 3. The summed E-state index contributed by atoms with van der Waals surface area (Å²) in [5.74, 6) is -0.342. The molecule has 0 saturated carbocycles. The Hall–Kier alpha value is -2.25. The second-order valence-corrected chi connectivity index (χ2v) is 7.68. The Balaban J connectivity index is 2.01. The highest BCUT2D eigenvalue weighted by molar-refractivity contribution is 5.86. The normalized spacial score (nSPS) is 18.9. The Labute approximate surface area is 156 Å². The van der Waals surface area contributed by atoms with Gasteiger partial charge in [-0.3, -0.25) is 9.69 Å². The van der Waals surface area contributed by atoms with Crippen LogP contribution in [0, 0.1) is 0 Å². The van der Waals surface area contributed by atoms with Gasteiger partial charge in [-0.25, -0.2) is 4.79 Å². The molecule has 1 aromatic carbocycles. The summed E-state index contributed by atoms with van der Waals surface area (Å²) >= 11 is 0. The van der Waals surface area contributed by atoms with Crippen LogP contribution in [-0.2, 0) is 15.7 Å². The molecule has 8 heteroatoms. The van der Waals surface area contributed by atoms with E-state index in [1.54, 1.807) is 27.7 Å². The Bertz CT molecular complexity index is 681. The molecule has 1 saturated heterocycles. The molecule has 2 unspecified atom stereocenters. The lowest BCUT2D eigenvalue weighted by Gasteiger charge is -2.28. The molecule has 1 aromatic rings. The zero-order valence-corrected chi connectivity index (χ0v) is 15.9. The van der Waals surface area contributed by atoms with Gasteiger partial charge in [0, 0.05) is 6.54 Å². The molecule has 2 amide bonds. The maximum Gasteiger partial charge on any atom is 0.416 e. The Morgan fingerprint density at radius 2 is 1.78 bits per heavy atom. The number of carbonyl (C=O) groups is 2. The number of halogens is 3. The highest BCUT2D eigenvalue weighted by Gasteiger charge is 2.37. The SMILES string of the molecule is CC(NC(=O)C1CCCN1C(=O)OC(C)(C)C)c1ccc(C(F)(F)F)cc1. The number of likely N-dealkylation sites (tertiary alicyclic amines) is 1. The highest BCUT2D eigenvalue weighted by atomic mass is 19.4. The summed E-state index contributed by atoms with van der Waals surface area (Å²) in [6, 6.07) is 3.53. The average Bonchev–Trinajstić information content (AvgIpc) is 3.02. The van der Waals surface area contributed by atoms with Crippen LogP contribution in [-0.4, -0.2) is 35.1 Å². The Morgan fingerprint density at radius 1 is 1.19 bits per heavy atom. The number of ether oxygens (including phenoxy) is 1. The number of hydrogen-bond acceptors (Lipinski definition) is 3. The maximum atomic E-state index is 12.7. The molecular formula is C19H25F3N2O3. The first-order chi connectivity index (χ1) is 12.4. The van der Waals surface area contributed by atoms with Crippen LogP contribution in [0.1, 0.15) is 57.7 Å². The fraction of sp³-hybridized carbons (Fsp3) is 0.579. The number of amides is 2. The predicted molar refractivity (Wildman–Crippen MR) is 94.0 cm³/mol. The van der Waals surface area contributed by atoms with Crippen molar-refractivity contribution >= 4 is 12.0 Å². The molecule has 27 heavy (non-hydrogen) atoms. The quantitative estimate of drug-likeness (QED) is 0.843. The van der Waals surface area contributed by atoms with Crippen LogP contribution in [0.25, 0.3) is 0 Å². The number of nitrogens with zero attached hydrogens (tertiary/aromatic N) is 1. The molecule has 0 aromatic heterocycles. The lowest BCUT2D eigenvalue weighted by atomic mass is 10.1. The molecule has 2 rings (SSSR count). The summed E-state index contributed by atoms with van der Waals surface area (Å²) in [6.07, 6.45) is -3.73. The molecule has 2 atom stereocenters. The van der Waals surface area contributed by atoms with Gasteiger partial charge >= 0.3 is 12.3 Å². The molecular weight excluding hydrogens is 361 g/mol. The van der Waals surface area contributed by atoms with Gasteiger partial charge in [-0.2, -0.15) is 13.2 Å². The third-order valence-electron chi connectivity index (χ3n) is 4.28. The van der Waals surface area contributed by atoms with E-state index < -0.39 is 35.5 Å². The lowest BCUT2D eigenvalue weighted by molar-refractivity contribution is -0.137. The maximum absolute atomic E-state index is 12.7. The number of carbonyl (C=O) groups excluding carboxylic acids is 2. The van der Waals surface area contributed by atoms with Crippen LogP contribution < -0.4 is 5.32 Å². The van der Waals surface area contributed by atoms with E-state index in [4.69, 9.17) is 4.74 Å². The Kier molecular flexibility index (Phi) is 6.07. The molecule has 5 nitrogen and oxygen atoms in total. The smallest absolute Gasteiger partial charge is 0.416 e. The summed E-state index contributed by atoms with van der Waals surface area (Å²) < 4.78 is 43.3. The van der Waals surface area contributed by atoms with E-state index in [9.17, 15) is 22.8 Å². The molecule has 150 valence electrons. The zero-order valence-electron chi connectivity index (χ0n) is 15.9. The minimum absolute atomic E-state index is 0.342. The number of benzene rings is 1. The van der Waals surface area contributed by atoms with E-state index in [2.05, 4.69) is 5.32 Å². The van der Waals surface area contributed by atoms with E-state index >= 15 is 0 Å². The van der Waals surface area contributed by atoms with E-state index in [0.29, 0.717) is 24.9 Å². The van der Waals surface area contributed by atoms with Gasteiger partial charge < -0.3 is 10.1 Å². The van der Waals surface area contributed by atoms with Crippen LogP contribution >= 0.6 is 0 Å². The largest absolute Gasteiger partial charge is 0.444 e. The predicted octanol–water partition coefficient (Wildman–Crippen LogP) is 4.28. The van der Waals surface area contributed by atoms with Crippen molar-refractivity contribution in [3.8, 4) is 0 Å². The van der Waals surface area contributed by atoms with Gasteiger partial charge in [0.1, 0.15) is 11.6 Å². The van der Waals surface area contributed by atoms with Crippen molar-refractivity contribution < 1.29 is 27.5 Å². The van der Waals surface area contributed by atoms with E-state index in [1.807, 2.05) is 0 Å². The molecule has 1 fully saturated rings. The topological polar surface area (TPSA) is 58.6 Å². The second-order valence-electron chi connectivity index (χ2n) is 7.68. The van der Waals surface area contributed by atoms with Gasteiger partial charge in [0.25, 0.3) is 0 Å². The van der Waals surface area contributed by atoms with Crippen molar-refractivity contribution in [3.05, 3.63) is 35.4 Å².